The second kappa shape index (κ2) is 5.79. The zero-order chi connectivity index (χ0) is 12.7. The van der Waals surface area contributed by atoms with Gasteiger partial charge in [0.05, 0.1) is 0 Å². The molecule has 11 heteroatoms. The van der Waals surface area contributed by atoms with Gasteiger partial charge in [0.1, 0.15) is 0 Å². The number of carbonyl (C=O) groups is 2. The van der Waals surface area contributed by atoms with E-state index in [0.717, 1.165) is 0 Å². The van der Waals surface area contributed by atoms with Crippen LogP contribution in [0.4, 0.5) is 27.4 Å². The predicted molar refractivity (Wildman–Crippen MR) is 55.4 cm³/mol. The number of primary amides is 2. The first-order valence-corrected chi connectivity index (χ1v) is 3.69. The van der Waals surface area contributed by atoms with Gasteiger partial charge in [-0.15, -0.1) is 0 Å². The van der Waals surface area contributed by atoms with Crippen LogP contribution in [-0.4, -0.2) is 27.0 Å². The van der Waals surface area contributed by atoms with Gasteiger partial charge in [0.15, 0.2) is 0 Å². The van der Waals surface area contributed by atoms with E-state index >= 15 is 0 Å². The largest absolute Gasteiger partial charge is 0.368 e. The molecular formula is C5H11N9O2. The molecule has 4 amide bonds. The highest BCUT2D eigenvalue weighted by Crippen LogP contribution is 1.97. The maximum Gasteiger partial charge on any atom is 0.320 e. The molecule has 1 aromatic rings. The molecule has 0 saturated heterocycles. The number of nitrogens with two attached hydrogens (primary N) is 5. The van der Waals surface area contributed by atoms with Crippen LogP contribution in [0.5, 0.6) is 0 Å². The van der Waals surface area contributed by atoms with E-state index in [1.165, 1.54) is 0 Å². The molecule has 1 aromatic heterocycles. The number of rotatable bonds is 0. The Morgan fingerprint density at radius 3 is 1.19 bits per heavy atom. The average molecular weight is 229 g/mol. The molecule has 0 bridgehead atoms. The molecule has 0 unspecified atom stereocenters. The summed E-state index contributed by atoms with van der Waals surface area (Å²) in [4.78, 5) is 29.7. The summed E-state index contributed by atoms with van der Waals surface area (Å²) in [7, 11) is 0. The van der Waals surface area contributed by atoms with Crippen molar-refractivity contribution in [3.8, 4) is 0 Å². The van der Waals surface area contributed by atoms with E-state index in [2.05, 4.69) is 26.4 Å². The van der Waals surface area contributed by atoms with E-state index in [4.69, 9.17) is 17.2 Å². The van der Waals surface area contributed by atoms with Gasteiger partial charge in [-0.05, 0) is 0 Å². The van der Waals surface area contributed by atoms with Crippen LogP contribution in [0, 0.1) is 0 Å². The first-order chi connectivity index (χ1) is 7.31. The third-order valence-electron chi connectivity index (χ3n) is 0.934. The molecule has 1 heterocycles. The van der Waals surface area contributed by atoms with Gasteiger partial charge in [-0.1, -0.05) is 0 Å². The lowest BCUT2D eigenvalue weighted by Crippen LogP contribution is -2.38. The Morgan fingerprint density at radius 1 is 0.812 bits per heavy atom. The maximum atomic E-state index is 9.62. The summed E-state index contributed by atoms with van der Waals surface area (Å²) >= 11 is 0. The van der Waals surface area contributed by atoms with Crippen molar-refractivity contribution in [3.63, 3.8) is 0 Å². The third kappa shape index (κ3) is 6.64. The second-order valence-corrected chi connectivity index (χ2v) is 2.26. The minimum Gasteiger partial charge on any atom is -0.368 e. The fourth-order valence-electron chi connectivity index (χ4n) is 0.549. The normalized spacial score (nSPS) is 8.50. The number of aromatic nitrogens is 3. The summed E-state index contributed by atoms with van der Waals surface area (Å²) in [5, 5.41) is 1.58. The number of nitrogens with one attached hydrogen (secondary N) is 1. The average Bonchev–Trinajstić information content (AvgIpc) is 1.97. The summed E-state index contributed by atoms with van der Waals surface area (Å²) in [5.74, 6) is 0.125. The molecule has 0 spiro atoms. The molecule has 11 nitrogen and oxygen atoms in total. The molecule has 1 rings (SSSR count). The van der Waals surface area contributed by atoms with Crippen LogP contribution >= 0.6 is 0 Å². The van der Waals surface area contributed by atoms with Crippen molar-refractivity contribution in [2.75, 3.05) is 17.2 Å². The van der Waals surface area contributed by atoms with Crippen LogP contribution in [0.3, 0.4) is 0 Å². The van der Waals surface area contributed by atoms with Gasteiger partial charge in [-0.3, -0.25) is 5.32 Å². The SMILES string of the molecule is NC(=O)NC(N)=O.Nc1nc(N)nc(N)n1. The summed E-state index contributed by atoms with van der Waals surface area (Å²) in [6, 6.07) is -1.88. The molecule has 11 N–H and O–H groups in total. The molecular weight excluding hydrogens is 218 g/mol. The Bertz CT molecular complexity index is 329. The lowest BCUT2D eigenvalue weighted by molar-refractivity contribution is 0.236. The maximum absolute atomic E-state index is 9.62. The van der Waals surface area contributed by atoms with Crippen molar-refractivity contribution in [1.82, 2.24) is 20.3 Å². The van der Waals surface area contributed by atoms with E-state index in [9.17, 15) is 9.59 Å². The molecule has 0 atom stereocenters. The highest BCUT2D eigenvalue weighted by molar-refractivity contribution is 5.91. The Labute approximate surface area is 89.4 Å². The number of imide groups is 1. The van der Waals surface area contributed by atoms with Gasteiger partial charge < -0.3 is 28.7 Å². The molecule has 16 heavy (non-hydrogen) atoms. The van der Waals surface area contributed by atoms with Gasteiger partial charge in [0.2, 0.25) is 17.8 Å². The van der Waals surface area contributed by atoms with Crippen LogP contribution in [0.1, 0.15) is 0 Å². The Morgan fingerprint density at radius 2 is 1.06 bits per heavy atom. The molecule has 0 aromatic carbocycles. The van der Waals surface area contributed by atoms with Gasteiger partial charge in [-0.2, -0.15) is 15.0 Å². The molecule has 0 aliphatic rings. The minimum atomic E-state index is -0.938. The van der Waals surface area contributed by atoms with E-state index in [1.807, 2.05) is 0 Å². The van der Waals surface area contributed by atoms with E-state index in [0.29, 0.717) is 0 Å². The molecule has 0 saturated carbocycles. The van der Waals surface area contributed by atoms with Gasteiger partial charge >= 0.3 is 12.1 Å². The van der Waals surface area contributed by atoms with E-state index in [-0.39, 0.29) is 17.8 Å². The fraction of sp³-hybridized carbons (Fsp3) is 0. The molecule has 88 valence electrons. The number of hydrogen-bond acceptors (Lipinski definition) is 8. The monoisotopic (exact) mass is 229 g/mol. The van der Waals surface area contributed by atoms with Crippen LogP contribution < -0.4 is 34.0 Å². The summed E-state index contributed by atoms with van der Waals surface area (Å²) in [6.07, 6.45) is 0. The number of hydrogen-bond donors (Lipinski definition) is 6. The second-order valence-electron chi connectivity index (χ2n) is 2.26. The quantitative estimate of drug-likeness (QED) is 0.275. The highest BCUT2D eigenvalue weighted by atomic mass is 16.2. The summed E-state index contributed by atoms with van der Waals surface area (Å²) < 4.78 is 0. The Balaban J connectivity index is 0.000000293. The van der Waals surface area contributed by atoms with Crippen molar-refractivity contribution in [3.05, 3.63) is 0 Å². The van der Waals surface area contributed by atoms with Crippen LogP contribution in [0.15, 0.2) is 0 Å². The van der Waals surface area contributed by atoms with Crippen LogP contribution in [0.25, 0.3) is 0 Å². The zero-order valence-corrected chi connectivity index (χ0v) is 8.04. The Kier molecular flexibility index (Phi) is 4.76. The van der Waals surface area contributed by atoms with E-state index in [1.54, 1.807) is 5.32 Å². The lowest BCUT2D eigenvalue weighted by atomic mass is 10.9. The van der Waals surface area contributed by atoms with Crippen molar-refractivity contribution in [2.24, 2.45) is 11.5 Å². The number of urea groups is 2. The molecule has 0 radical (unpaired) electrons. The van der Waals surface area contributed by atoms with Crippen LogP contribution in [-0.2, 0) is 0 Å². The first-order valence-electron chi connectivity index (χ1n) is 3.69. The third-order valence-corrected chi connectivity index (χ3v) is 0.934. The topological polar surface area (TPSA) is 215 Å². The van der Waals surface area contributed by atoms with Crippen molar-refractivity contribution in [1.29, 1.82) is 0 Å². The molecule has 0 aliphatic carbocycles. The smallest absolute Gasteiger partial charge is 0.320 e. The van der Waals surface area contributed by atoms with Crippen molar-refractivity contribution >= 4 is 29.9 Å². The predicted octanol–water partition coefficient (Wildman–Crippen LogP) is -2.65. The number of nitrogen functional groups attached to an aromatic ring is 3. The van der Waals surface area contributed by atoms with Gasteiger partial charge in [-0.25, -0.2) is 9.59 Å². The Hall–Kier alpha value is -2.85. The van der Waals surface area contributed by atoms with Crippen molar-refractivity contribution < 1.29 is 9.59 Å². The van der Waals surface area contributed by atoms with Crippen molar-refractivity contribution in [2.45, 2.75) is 0 Å². The lowest BCUT2D eigenvalue weighted by Gasteiger charge is -1.93. The fourth-order valence-corrected chi connectivity index (χ4v) is 0.549. The molecule has 0 aliphatic heterocycles. The number of nitrogens with zero attached hydrogens (tertiary/aromatic N) is 3. The standard InChI is InChI=1S/C3H6N6.C2H5N3O2/c4-1-7-2(5)9-3(6)8-1;3-1(6)5-2(4)7/h(H6,4,5,6,7,8,9);(H5,3,4,5,6,7). The minimum absolute atomic E-state index is 0.0417. The summed E-state index contributed by atoms with van der Waals surface area (Å²) in [6.45, 7) is 0. The zero-order valence-electron chi connectivity index (χ0n) is 8.04. The van der Waals surface area contributed by atoms with Gasteiger partial charge in [0, 0.05) is 0 Å². The van der Waals surface area contributed by atoms with Crippen LogP contribution in [0.2, 0.25) is 0 Å². The number of anilines is 3. The van der Waals surface area contributed by atoms with Gasteiger partial charge in [0.25, 0.3) is 0 Å². The molecule has 0 fully saturated rings. The number of carbonyl (C=O) groups excluding carboxylic acids is 2. The van der Waals surface area contributed by atoms with E-state index < -0.39 is 12.1 Å². The first kappa shape index (κ1) is 13.1. The highest BCUT2D eigenvalue weighted by Gasteiger charge is 1.94. The number of amides is 4. The summed E-state index contributed by atoms with van der Waals surface area (Å²) in [5.41, 5.74) is 24.3.